The zero-order valence-corrected chi connectivity index (χ0v) is 14.6. The van der Waals surface area contributed by atoms with Gasteiger partial charge in [0.15, 0.2) is 11.6 Å². The Balaban J connectivity index is 2.31. The molecule has 3 N–H and O–H groups in total. The first-order valence-electron chi connectivity index (χ1n) is 7.69. The van der Waals surface area contributed by atoms with E-state index in [2.05, 4.69) is 27.4 Å². The average molecular weight is 356 g/mol. The van der Waals surface area contributed by atoms with Crippen LogP contribution in [0.15, 0.2) is 24.5 Å². The van der Waals surface area contributed by atoms with Gasteiger partial charge in [-0.25, -0.2) is 9.97 Å². The van der Waals surface area contributed by atoms with Crippen molar-refractivity contribution in [2.45, 2.75) is 19.8 Å². The molecule has 0 radical (unpaired) electrons. The fourth-order valence-corrected chi connectivity index (χ4v) is 2.55. The SMILES string of the molecule is Cc1cc(Cl)ccc1Nc1ncnc(N(CCC#N)CCC#N)c1N. The minimum Gasteiger partial charge on any atom is -0.393 e. The first-order valence-corrected chi connectivity index (χ1v) is 8.07. The van der Waals surface area contributed by atoms with E-state index in [1.165, 1.54) is 6.33 Å². The van der Waals surface area contributed by atoms with Crippen molar-refractivity contribution in [2.75, 3.05) is 29.0 Å². The van der Waals surface area contributed by atoms with Gasteiger partial charge in [-0.15, -0.1) is 0 Å². The summed E-state index contributed by atoms with van der Waals surface area (Å²) in [6.07, 6.45) is 2.03. The van der Waals surface area contributed by atoms with Crippen LogP contribution in [0.5, 0.6) is 0 Å². The molecule has 0 amide bonds. The van der Waals surface area contributed by atoms with Crippen LogP contribution < -0.4 is 16.0 Å². The molecule has 0 saturated heterocycles. The largest absolute Gasteiger partial charge is 0.393 e. The van der Waals surface area contributed by atoms with E-state index in [4.69, 9.17) is 27.9 Å². The van der Waals surface area contributed by atoms with E-state index in [1.807, 2.05) is 24.0 Å². The smallest absolute Gasteiger partial charge is 0.159 e. The van der Waals surface area contributed by atoms with E-state index >= 15 is 0 Å². The quantitative estimate of drug-likeness (QED) is 0.781. The van der Waals surface area contributed by atoms with Crippen LogP contribution in [0.1, 0.15) is 18.4 Å². The molecule has 0 saturated carbocycles. The Labute approximate surface area is 151 Å². The number of aryl methyl sites for hydroxylation is 1. The van der Waals surface area contributed by atoms with Crippen LogP contribution in [0.3, 0.4) is 0 Å². The Morgan fingerprint density at radius 3 is 2.48 bits per heavy atom. The highest BCUT2D eigenvalue weighted by Gasteiger charge is 2.15. The standard InChI is InChI=1S/C17H18ClN7/c1-12-10-13(18)4-5-14(12)24-16-15(21)17(23-11-22-16)25(8-2-6-19)9-3-7-20/h4-5,10-11H,2-3,8-9,21H2,1H3,(H,22,23,24). The Morgan fingerprint density at radius 2 is 1.88 bits per heavy atom. The molecule has 2 aromatic rings. The Morgan fingerprint density at radius 1 is 1.20 bits per heavy atom. The molecular weight excluding hydrogens is 338 g/mol. The summed E-state index contributed by atoms with van der Waals surface area (Å²) >= 11 is 5.98. The summed E-state index contributed by atoms with van der Waals surface area (Å²) in [5.74, 6) is 0.976. The fraction of sp³-hybridized carbons (Fsp3) is 0.294. The van der Waals surface area contributed by atoms with Gasteiger partial charge in [-0.3, -0.25) is 0 Å². The van der Waals surface area contributed by atoms with Crippen molar-refractivity contribution in [1.29, 1.82) is 10.5 Å². The predicted molar refractivity (Wildman–Crippen MR) is 98.6 cm³/mol. The highest BCUT2D eigenvalue weighted by molar-refractivity contribution is 6.30. The molecule has 1 aromatic carbocycles. The van der Waals surface area contributed by atoms with Gasteiger partial charge >= 0.3 is 0 Å². The number of anilines is 4. The van der Waals surface area contributed by atoms with Crippen molar-refractivity contribution in [3.05, 3.63) is 35.1 Å². The van der Waals surface area contributed by atoms with Crippen LogP contribution in [0.2, 0.25) is 5.02 Å². The molecule has 0 fully saturated rings. The molecule has 1 heterocycles. The molecule has 25 heavy (non-hydrogen) atoms. The first kappa shape index (κ1) is 18.3. The molecule has 1 aromatic heterocycles. The number of nitrogens with one attached hydrogen (secondary N) is 1. The molecule has 0 unspecified atom stereocenters. The van der Waals surface area contributed by atoms with Crippen LogP contribution in [-0.4, -0.2) is 23.1 Å². The second-order valence-corrected chi connectivity index (χ2v) is 5.78. The number of hydrogen-bond acceptors (Lipinski definition) is 7. The summed E-state index contributed by atoms with van der Waals surface area (Å²) in [6, 6.07) is 9.66. The zero-order chi connectivity index (χ0) is 18.2. The lowest BCUT2D eigenvalue weighted by Crippen LogP contribution is -2.27. The minimum atomic E-state index is 0.313. The Kier molecular flexibility index (Phi) is 6.39. The lowest BCUT2D eigenvalue weighted by molar-refractivity contribution is 0.782. The molecule has 0 atom stereocenters. The number of hydrogen-bond donors (Lipinski definition) is 2. The van der Waals surface area contributed by atoms with Crippen molar-refractivity contribution < 1.29 is 0 Å². The summed E-state index contributed by atoms with van der Waals surface area (Å²) in [4.78, 5) is 10.3. The summed E-state index contributed by atoms with van der Waals surface area (Å²) in [5.41, 5.74) is 8.39. The van der Waals surface area contributed by atoms with Crippen molar-refractivity contribution in [3.63, 3.8) is 0 Å². The van der Waals surface area contributed by atoms with Gasteiger partial charge in [0.1, 0.15) is 12.0 Å². The third-order valence-electron chi connectivity index (χ3n) is 3.59. The van der Waals surface area contributed by atoms with Gasteiger partial charge in [-0.1, -0.05) is 11.6 Å². The van der Waals surface area contributed by atoms with Gasteiger partial charge in [0.2, 0.25) is 0 Å². The summed E-state index contributed by atoms with van der Waals surface area (Å²) in [7, 11) is 0. The fourth-order valence-electron chi connectivity index (χ4n) is 2.33. The van der Waals surface area contributed by atoms with E-state index < -0.39 is 0 Å². The summed E-state index contributed by atoms with van der Waals surface area (Å²) < 4.78 is 0. The molecule has 0 aliphatic heterocycles. The topological polar surface area (TPSA) is 115 Å². The highest BCUT2D eigenvalue weighted by atomic mass is 35.5. The first-order chi connectivity index (χ1) is 12.1. The molecule has 0 bridgehead atoms. The lowest BCUT2D eigenvalue weighted by atomic mass is 10.2. The van der Waals surface area contributed by atoms with Gasteiger partial charge in [-0.05, 0) is 30.7 Å². The number of rotatable bonds is 7. The van der Waals surface area contributed by atoms with Crippen LogP contribution in [-0.2, 0) is 0 Å². The van der Waals surface area contributed by atoms with Gasteiger partial charge in [-0.2, -0.15) is 10.5 Å². The van der Waals surface area contributed by atoms with Crippen LogP contribution in [0.25, 0.3) is 0 Å². The third kappa shape index (κ3) is 4.72. The minimum absolute atomic E-state index is 0.313. The zero-order valence-electron chi connectivity index (χ0n) is 13.8. The maximum Gasteiger partial charge on any atom is 0.159 e. The number of aromatic nitrogens is 2. The van der Waals surface area contributed by atoms with E-state index in [9.17, 15) is 0 Å². The second kappa shape index (κ2) is 8.72. The maximum absolute atomic E-state index is 8.83. The maximum atomic E-state index is 8.83. The number of nitrogen functional groups attached to an aromatic ring is 1. The molecule has 7 nitrogen and oxygen atoms in total. The average Bonchev–Trinajstić information content (AvgIpc) is 2.59. The van der Waals surface area contributed by atoms with E-state index in [0.717, 1.165) is 11.3 Å². The molecule has 0 aliphatic carbocycles. The van der Waals surface area contributed by atoms with E-state index in [0.29, 0.717) is 48.3 Å². The normalized spacial score (nSPS) is 9.92. The summed E-state index contributed by atoms with van der Waals surface area (Å²) in [6.45, 7) is 2.82. The Bertz CT molecular complexity index is 805. The molecule has 0 aliphatic rings. The molecule has 2 rings (SSSR count). The molecule has 0 spiro atoms. The number of nitrogens with zero attached hydrogens (tertiary/aromatic N) is 5. The van der Waals surface area contributed by atoms with Crippen LogP contribution in [0.4, 0.5) is 23.0 Å². The van der Waals surface area contributed by atoms with Gasteiger partial charge in [0.25, 0.3) is 0 Å². The van der Waals surface area contributed by atoms with Gasteiger partial charge in [0.05, 0.1) is 25.0 Å². The van der Waals surface area contributed by atoms with Gasteiger partial charge in [0, 0.05) is 23.8 Å². The van der Waals surface area contributed by atoms with E-state index in [-0.39, 0.29) is 0 Å². The lowest BCUT2D eigenvalue weighted by Gasteiger charge is -2.23. The van der Waals surface area contributed by atoms with Crippen molar-refractivity contribution in [2.24, 2.45) is 0 Å². The second-order valence-electron chi connectivity index (χ2n) is 5.35. The third-order valence-corrected chi connectivity index (χ3v) is 3.83. The molecule has 8 heteroatoms. The monoisotopic (exact) mass is 355 g/mol. The van der Waals surface area contributed by atoms with Crippen molar-refractivity contribution in [1.82, 2.24) is 9.97 Å². The van der Waals surface area contributed by atoms with Crippen LogP contribution in [0, 0.1) is 29.6 Å². The summed E-state index contributed by atoms with van der Waals surface area (Å²) in [5, 5.41) is 21.5. The molecular formula is C17H18ClN7. The predicted octanol–water partition coefficient (Wildman–Crippen LogP) is 3.40. The number of benzene rings is 1. The van der Waals surface area contributed by atoms with Crippen molar-refractivity contribution in [3.8, 4) is 12.1 Å². The number of nitriles is 2. The number of halogens is 1. The van der Waals surface area contributed by atoms with Crippen LogP contribution >= 0.6 is 11.6 Å². The van der Waals surface area contributed by atoms with Crippen molar-refractivity contribution >= 4 is 34.6 Å². The van der Waals surface area contributed by atoms with E-state index in [1.54, 1.807) is 6.07 Å². The molecule has 128 valence electrons. The Hall–Kier alpha value is -3.03. The van der Waals surface area contributed by atoms with Gasteiger partial charge < -0.3 is 16.0 Å². The highest BCUT2D eigenvalue weighted by Crippen LogP contribution is 2.30. The number of nitrogens with two attached hydrogens (primary N) is 1.